The summed E-state index contributed by atoms with van der Waals surface area (Å²) in [6.07, 6.45) is 4.99. The first-order valence-corrected chi connectivity index (χ1v) is 11.9. The van der Waals surface area contributed by atoms with Gasteiger partial charge in [0.2, 0.25) is 11.9 Å². The molecule has 1 aromatic carbocycles. The number of nitrogens with zero attached hydrogens (tertiary/aromatic N) is 6. The number of anilines is 1. The van der Waals surface area contributed by atoms with Crippen LogP contribution >= 0.6 is 0 Å². The highest BCUT2D eigenvalue weighted by Crippen LogP contribution is 2.30. The molecule has 1 amide bonds. The van der Waals surface area contributed by atoms with Gasteiger partial charge in [0.1, 0.15) is 6.10 Å². The number of rotatable bonds is 5. The number of H-pyrrole nitrogens is 1. The summed E-state index contributed by atoms with van der Waals surface area (Å²) in [6, 6.07) is 6.45. The third-order valence-electron chi connectivity index (χ3n) is 6.66. The van der Waals surface area contributed by atoms with Gasteiger partial charge in [0.15, 0.2) is 5.82 Å². The summed E-state index contributed by atoms with van der Waals surface area (Å²) in [5, 5.41) is 8.07. The Morgan fingerprint density at radius 1 is 1.18 bits per heavy atom. The Bertz CT molecular complexity index is 1160. The van der Waals surface area contributed by atoms with Crippen molar-refractivity contribution in [2.45, 2.75) is 44.8 Å². The summed E-state index contributed by atoms with van der Waals surface area (Å²) < 4.78 is 11.9. The highest BCUT2D eigenvalue weighted by Gasteiger charge is 2.29. The van der Waals surface area contributed by atoms with E-state index in [0.29, 0.717) is 37.5 Å². The Hall–Kier alpha value is -3.27. The molecule has 10 nitrogen and oxygen atoms in total. The van der Waals surface area contributed by atoms with Crippen LogP contribution in [0.3, 0.4) is 0 Å². The van der Waals surface area contributed by atoms with Gasteiger partial charge in [-0.15, -0.1) is 0 Å². The fourth-order valence-electron chi connectivity index (χ4n) is 4.70. The Labute approximate surface area is 198 Å². The van der Waals surface area contributed by atoms with E-state index in [1.54, 1.807) is 11.1 Å². The van der Waals surface area contributed by atoms with Crippen molar-refractivity contribution in [3.8, 4) is 17.4 Å². The van der Waals surface area contributed by atoms with E-state index in [0.717, 1.165) is 42.1 Å². The maximum atomic E-state index is 12.3. The van der Waals surface area contributed by atoms with Gasteiger partial charge in [-0.25, -0.2) is 0 Å². The molecule has 180 valence electrons. The largest absolute Gasteiger partial charge is 0.460 e. The Morgan fingerprint density at radius 3 is 2.76 bits per heavy atom. The van der Waals surface area contributed by atoms with Crippen molar-refractivity contribution in [2.75, 3.05) is 38.8 Å². The van der Waals surface area contributed by atoms with Crippen molar-refractivity contribution >= 4 is 22.8 Å². The molecule has 10 heteroatoms. The number of morpholine rings is 1. The van der Waals surface area contributed by atoms with Crippen molar-refractivity contribution in [2.24, 2.45) is 5.92 Å². The number of ether oxygens (including phenoxy) is 2. The van der Waals surface area contributed by atoms with Crippen LogP contribution in [0.4, 0.5) is 5.95 Å². The molecule has 0 radical (unpaired) electrons. The molecular formula is C24H31N7O3. The highest BCUT2D eigenvalue weighted by molar-refractivity contribution is 5.82. The molecule has 5 rings (SSSR count). The standard InChI is InChI=1S/C24H31N7O3/c1-15-14-33-11-10-31(15)23-26-21(17-6-9-20-18(12-17)13-25-29-20)27-24(28-23)34-19-7-4-16(5-8-19)22(32)30(2)3/h6,9,12-13,15-16,19H,4-5,7-8,10-11,14H2,1-3H3,(H,25,29)/t15-,16-,19-/m0/s1. The van der Waals surface area contributed by atoms with Crippen LogP contribution in [0.2, 0.25) is 0 Å². The maximum absolute atomic E-state index is 12.3. The molecule has 3 heterocycles. The number of benzene rings is 1. The lowest BCUT2D eigenvalue weighted by atomic mass is 9.86. The summed E-state index contributed by atoms with van der Waals surface area (Å²) in [5.74, 6) is 1.42. The van der Waals surface area contributed by atoms with Crippen LogP contribution < -0.4 is 9.64 Å². The summed E-state index contributed by atoms with van der Waals surface area (Å²) in [5.41, 5.74) is 1.84. The van der Waals surface area contributed by atoms with Crippen LogP contribution in [0.25, 0.3) is 22.3 Å². The molecule has 34 heavy (non-hydrogen) atoms. The van der Waals surface area contributed by atoms with Crippen LogP contribution in [0.1, 0.15) is 32.6 Å². The second-order valence-electron chi connectivity index (χ2n) is 9.36. The van der Waals surface area contributed by atoms with E-state index >= 15 is 0 Å². The van der Waals surface area contributed by atoms with Crippen molar-refractivity contribution in [1.82, 2.24) is 30.0 Å². The van der Waals surface area contributed by atoms with E-state index in [9.17, 15) is 4.79 Å². The lowest BCUT2D eigenvalue weighted by Crippen LogP contribution is -2.44. The van der Waals surface area contributed by atoms with Crippen molar-refractivity contribution < 1.29 is 14.3 Å². The van der Waals surface area contributed by atoms with Gasteiger partial charge in [-0.2, -0.15) is 20.1 Å². The average Bonchev–Trinajstić information content (AvgIpc) is 3.32. The van der Waals surface area contributed by atoms with Crippen LogP contribution in [0.5, 0.6) is 6.01 Å². The quantitative estimate of drug-likeness (QED) is 0.613. The van der Waals surface area contributed by atoms with Gasteiger partial charge in [-0.3, -0.25) is 9.89 Å². The van der Waals surface area contributed by atoms with E-state index in [2.05, 4.69) is 27.0 Å². The Balaban J connectivity index is 1.41. The second kappa shape index (κ2) is 9.54. The smallest absolute Gasteiger partial charge is 0.322 e. The number of carbonyl (C=O) groups excluding carboxylic acids is 1. The first-order chi connectivity index (χ1) is 16.5. The Morgan fingerprint density at radius 2 is 2.00 bits per heavy atom. The van der Waals surface area contributed by atoms with Gasteiger partial charge in [0, 0.05) is 37.5 Å². The first-order valence-electron chi connectivity index (χ1n) is 11.9. The summed E-state index contributed by atoms with van der Waals surface area (Å²) in [4.78, 5) is 30.3. The van der Waals surface area contributed by atoms with Gasteiger partial charge in [0.25, 0.3) is 0 Å². The number of aromatic amines is 1. The fourth-order valence-corrected chi connectivity index (χ4v) is 4.70. The van der Waals surface area contributed by atoms with Crippen LogP contribution in [-0.2, 0) is 9.53 Å². The lowest BCUT2D eigenvalue weighted by molar-refractivity contribution is -0.134. The van der Waals surface area contributed by atoms with Gasteiger partial charge in [-0.1, -0.05) is 0 Å². The van der Waals surface area contributed by atoms with E-state index in [1.807, 2.05) is 32.3 Å². The molecule has 1 saturated carbocycles. The zero-order valence-corrected chi connectivity index (χ0v) is 19.9. The zero-order valence-electron chi connectivity index (χ0n) is 19.9. The lowest BCUT2D eigenvalue weighted by Gasteiger charge is -2.33. The SMILES string of the molecule is C[C@H]1COCCN1c1nc(O[C@H]2CC[C@H](C(=O)N(C)C)CC2)nc(-c2ccc3[nH]ncc3c2)n1. The molecule has 1 aliphatic heterocycles. The minimum Gasteiger partial charge on any atom is -0.460 e. The fraction of sp³-hybridized carbons (Fsp3) is 0.542. The molecule has 1 atom stereocenters. The van der Waals surface area contributed by atoms with E-state index in [-0.39, 0.29) is 24.0 Å². The van der Waals surface area contributed by atoms with Crippen molar-refractivity contribution in [3.05, 3.63) is 24.4 Å². The molecular weight excluding hydrogens is 434 g/mol. The molecule has 2 aliphatic rings. The molecule has 2 aromatic heterocycles. The summed E-state index contributed by atoms with van der Waals surface area (Å²) in [7, 11) is 3.62. The maximum Gasteiger partial charge on any atom is 0.322 e. The number of amides is 1. The van der Waals surface area contributed by atoms with Gasteiger partial charge in [-0.05, 0) is 50.8 Å². The zero-order chi connectivity index (χ0) is 23.7. The third-order valence-corrected chi connectivity index (χ3v) is 6.66. The predicted octanol–water partition coefficient (Wildman–Crippen LogP) is 2.67. The number of hydrogen-bond acceptors (Lipinski definition) is 8. The van der Waals surface area contributed by atoms with Gasteiger partial charge < -0.3 is 19.3 Å². The highest BCUT2D eigenvalue weighted by atomic mass is 16.5. The van der Waals surface area contributed by atoms with Gasteiger partial charge in [0.05, 0.1) is 31.0 Å². The second-order valence-corrected chi connectivity index (χ2v) is 9.36. The number of nitrogens with one attached hydrogen (secondary N) is 1. The predicted molar refractivity (Wildman–Crippen MR) is 128 cm³/mol. The normalized spacial score (nSPS) is 23.1. The Kier molecular flexibility index (Phi) is 6.32. The number of fused-ring (bicyclic) bond motifs is 1. The number of aromatic nitrogens is 5. The number of carbonyl (C=O) groups is 1. The minimum absolute atomic E-state index is 0.0206. The molecule has 3 aromatic rings. The molecule has 2 fully saturated rings. The summed E-state index contributed by atoms with van der Waals surface area (Å²) >= 11 is 0. The summed E-state index contributed by atoms with van der Waals surface area (Å²) in [6.45, 7) is 4.07. The average molecular weight is 466 g/mol. The first kappa shape index (κ1) is 22.5. The van der Waals surface area contributed by atoms with Crippen LogP contribution in [-0.4, -0.2) is 82.0 Å². The van der Waals surface area contributed by atoms with Gasteiger partial charge >= 0.3 is 6.01 Å². The van der Waals surface area contributed by atoms with Crippen molar-refractivity contribution in [3.63, 3.8) is 0 Å². The molecule has 0 bridgehead atoms. The van der Waals surface area contributed by atoms with Crippen molar-refractivity contribution in [1.29, 1.82) is 0 Å². The van der Waals surface area contributed by atoms with E-state index in [4.69, 9.17) is 19.4 Å². The minimum atomic E-state index is -0.0206. The van der Waals surface area contributed by atoms with Crippen LogP contribution in [0.15, 0.2) is 24.4 Å². The monoisotopic (exact) mass is 465 g/mol. The number of hydrogen-bond donors (Lipinski definition) is 1. The molecule has 0 spiro atoms. The van der Waals surface area contributed by atoms with Crippen LogP contribution in [0, 0.1) is 5.92 Å². The topological polar surface area (TPSA) is 109 Å². The van der Waals surface area contributed by atoms with E-state index in [1.165, 1.54) is 0 Å². The molecule has 1 N–H and O–H groups in total. The molecule has 1 saturated heterocycles. The third kappa shape index (κ3) is 4.68. The van der Waals surface area contributed by atoms with E-state index < -0.39 is 0 Å². The molecule has 0 unspecified atom stereocenters. The molecule has 1 aliphatic carbocycles.